The Balaban J connectivity index is 1.39. The first-order valence-corrected chi connectivity index (χ1v) is 14.8. The monoisotopic (exact) mass is 621 g/mol. The number of nitrogens with one attached hydrogen (secondary N) is 1. The summed E-state index contributed by atoms with van der Waals surface area (Å²) in [6.07, 6.45) is 3.03. The van der Waals surface area contributed by atoms with Gasteiger partial charge in [-0.15, -0.1) is 0 Å². The van der Waals surface area contributed by atoms with Crippen LogP contribution in [0.2, 0.25) is 0 Å². The molecular formula is C32H34F3N7O3. The largest absolute Gasteiger partial charge is 0.492 e. The van der Waals surface area contributed by atoms with Crippen LogP contribution in [0.5, 0.6) is 5.75 Å². The van der Waals surface area contributed by atoms with Crippen LogP contribution >= 0.6 is 0 Å². The Hall–Kier alpha value is -4.68. The van der Waals surface area contributed by atoms with Crippen LogP contribution in [0.1, 0.15) is 74.1 Å². The number of benzene rings is 1. The summed E-state index contributed by atoms with van der Waals surface area (Å²) in [6.45, 7) is 6.88. The summed E-state index contributed by atoms with van der Waals surface area (Å²) in [7, 11) is 0. The van der Waals surface area contributed by atoms with E-state index in [9.17, 15) is 22.8 Å². The summed E-state index contributed by atoms with van der Waals surface area (Å²) in [5.74, 6) is 0.628. The number of hydrogen-bond donors (Lipinski definition) is 2. The van der Waals surface area contributed by atoms with Gasteiger partial charge in [0, 0.05) is 54.6 Å². The maximum Gasteiger partial charge on any atom is 0.416 e. The first-order chi connectivity index (χ1) is 21.3. The molecule has 45 heavy (non-hydrogen) atoms. The van der Waals surface area contributed by atoms with Gasteiger partial charge in [-0.1, -0.05) is 20.8 Å². The lowest BCUT2D eigenvalue weighted by Crippen LogP contribution is -2.41. The van der Waals surface area contributed by atoms with E-state index in [-0.39, 0.29) is 40.5 Å². The molecule has 0 aliphatic carbocycles. The van der Waals surface area contributed by atoms with Crippen molar-refractivity contribution in [3.8, 4) is 17.0 Å². The zero-order valence-corrected chi connectivity index (χ0v) is 25.2. The zero-order valence-electron chi connectivity index (χ0n) is 25.2. The number of nitrogens with zero attached hydrogens (tertiary/aromatic N) is 5. The number of anilines is 2. The fourth-order valence-electron chi connectivity index (χ4n) is 5.98. The van der Waals surface area contributed by atoms with E-state index in [0.29, 0.717) is 42.1 Å². The van der Waals surface area contributed by atoms with Crippen LogP contribution in [-0.2, 0) is 11.0 Å². The van der Waals surface area contributed by atoms with E-state index in [4.69, 9.17) is 15.5 Å². The average molecular weight is 622 g/mol. The van der Waals surface area contributed by atoms with E-state index < -0.39 is 17.6 Å². The number of carbonyl (C=O) groups is 2. The zero-order chi connectivity index (χ0) is 32.1. The highest BCUT2D eigenvalue weighted by molar-refractivity contribution is 6.04. The van der Waals surface area contributed by atoms with Crippen LogP contribution in [0.15, 0.2) is 48.9 Å². The highest BCUT2D eigenvalue weighted by atomic mass is 19.4. The number of aromatic nitrogens is 4. The number of fused-ring (bicyclic) bond motifs is 2. The molecule has 2 atom stereocenters. The first kappa shape index (κ1) is 30.4. The number of alkyl halides is 3. The topological polar surface area (TPSA) is 128 Å². The number of nitrogen functional groups attached to an aromatic ring is 1. The molecule has 4 aromatic rings. The van der Waals surface area contributed by atoms with E-state index in [1.165, 1.54) is 6.07 Å². The molecule has 2 aliphatic heterocycles. The van der Waals surface area contributed by atoms with Gasteiger partial charge in [0.1, 0.15) is 34.4 Å². The second-order valence-corrected chi connectivity index (χ2v) is 12.8. The second-order valence-electron chi connectivity index (χ2n) is 12.8. The van der Waals surface area contributed by atoms with Crippen LogP contribution in [-0.4, -0.2) is 55.3 Å². The van der Waals surface area contributed by atoms with Crippen molar-refractivity contribution in [3.05, 3.63) is 65.9 Å². The molecule has 5 heterocycles. The van der Waals surface area contributed by atoms with Gasteiger partial charge in [0.15, 0.2) is 0 Å². The Morgan fingerprint density at radius 3 is 2.64 bits per heavy atom. The number of hydrogen-bond acceptors (Lipinski definition) is 7. The molecule has 0 bridgehead atoms. The van der Waals surface area contributed by atoms with Gasteiger partial charge in [0.25, 0.3) is 5.91 Å². The minimum Gasteiger partial charge on any atom is -0.492 e. The lowest BCUT2D eigenvalue weighted by molar-refractivity contribution is -0.137. The smallest absolute Gasteiger partial charge is 0.416 e. The summed E-state index contributed by atoms with van der Waals surface area (Å²) >= 11 is 0. The molecule has 13 heteroatoms. The van der Waals surface area contributed by atoms with E-state index in [0.717, 1.165) is 43.4 Å². The number of rotatable bonds is 6. The van der Waals surface area contributed by atoms with Gasteiger partial charge in [0.2, 0.25) is 5.91 Å². The van der Waals surface area contributed by atoms with Crippen LogP contribution in [0.4, 0.5) is 24.8 Å². The molecule has 236 valence electrons. The third-order valence-electron chi connectivity index (χ3n) is 8.18. The number of ether oxygens (including phenoxy) is 1. The predicted octanol–water partition coefficient (Wildman–Crippen LogP) is 5.94. The van der Waals surface area contributed by atoms with E-state index in [1.54, 1.807) is 24.5 Å². The van der Waals surface area contributed by atoms with Crippen LogP contribution < -0.4 is 15.8 Å². The van der Waals surface area contributed by atoms with Gasteiger partial charge in [-0.05, 0) is 55.0 Å². The molecule has 2 fully saturated rings. The molecule has 2 aliphatic rings. The Labute approximate surface area is 257 Å². The molecular weight excluding hydrogens is 587 g/mol. The maximum absolute atomic E-state index is 13.2. The number of imidazole rings is 1. The van der Waals surface area contributed by atoms with Gasteiger partial charge in [0.05, 0.1) is 12.2 Å². The molecule has 10 nitrogen and oxygen atoms in total. The molecule has 2 unspecified atom stereocenters. The van der Waals surface area contributed by atoms with E-state index in [1.807, 2.05) is 30.1 Å². The molecule has 0 radical (unpaired) electrons. The third kappa shape index (κ3) is 6.16. The quantitative estimate of drug-likeness (QED) is 0.273. The highest BCUT2D eigenvalue weighted by Crippen LogP contribution is 2.41. The van der Waals surface area contributed by atoms with Gasteiger partial charge in [-0.3, -0.25) is 14.0 Å². The van der Waals surface area contributed by atoms with Crippen LogP contribution in [0.25, 0.3) is 16.8 Å². The molecule has 0 saturated carbocycles. The Morgan fingerprint density at radius 2 is 1.89 bits per heavy atom. The minimum atomic E-state index is -4.58. The van der Waals surface area contributed by atoms with Crippen LogP contribution in [0.3, 0.4) is 0 Å². The summed E-state index contributed by atoms with van der Waals surface area (Å²) in [5.41, 5.74) is 7.08. The second kappa shape index (κ2) is 11.4. The normalized spacial score (nSPS) is 18.7. The number of piperidine rings is 1. The van der Waals surface area contributed by atoms with Gasteiger partial charge >= 0.3 is 6.18 Å². The third-order valence-corrected chi connectivity index (χ3v) is 8.18. The maximum atomic E-state index is 13.2. The minimum absolute atomic E-state index is 0.0182. The highest BCUT2D eigenvalue weighted by Gasteiger charge is 2.38. The van der Waals surface area contributed by atoms with Crippen molar-refractivity contribution in [2.75, 3.05) is 24.2 Å². The number of halogens is 3. The van der Waals surface area contributed by atoms with Crippen molar-refractivity contribution >= 4 is 29.0 Å². The molecule has 2 amide bonds. The number of nitrogens with two attached hydrogens (primary N) is 1. The van der Waals surface area contributed by atoms with Gasteiger partial charge in [-0.2, -0.15) is 13.2 Å². The Morgan fingerprint density at radius 1 is 1.09 bits per heavy atom. The fourth-order valence-corrected chi connectivity index (χ4v) is 5.98. The summed E-state index contributed by atoms with van der Waals surface area (Å²) in [6, 6.07) is 6.66. The lowest BCUT2D eigenvalue weighted by atomic mass is 9.92. The molecule has 2 saturated heterocycles. The standard InChI is InChI=1S/C32H34F3N7O3/c1-31(2,3)17-45-23-14-18(30(44)39-24-15-20(10-11-37-24)32(33,34)35)5-8-22(23)26-27-28(36)38-12-13-41(27)29(40-26)19-4-6-21-7-9-25(43)42(21)16-19/h5,8,10-15,19,21H,4,6-7,9,16-17H2,1-3H3,(H2,36,38)(H,37,39,44). The SMILES string of the molecule is CC(C)(C)COc1cc(C(=O)Nc2cc(C(F)(F)F)ccn2)ccc1-c1nc(C2CCC3CCC(=O)N3C2)n2ccnc(N)c12. The molecule has 3 aromatic heterocycles. The van der Waals surface area contributed by atoms with Crippen molar-refractivity contribution in [1.29, 1.82) is 0 Å². The van der Waals surface area contributed by atoms with E-state index >= 15 is 0 Å². The summed E-state index contributed by atoms with van der Waals surface area (Å²) in [4.78, 5) is 41.0. The number of carbonyl (C=O) groups excluding carboxylic acids is 2. The van der Waals surface area contributed by atoms with Crippen molar-refractivity contribution < 1.29 is 27.5 Å². The molecule has 3 N–H and O–H groups in total. The average Bonchev–Trinajstić information content (AvgIpc) is 3.56. The van der Waals surface area contributed by atoms with Crippen LogP contribution in [0, 0.1) is 5.41 Å². The molecule has 6 rings (SSSR count). The van der Waals surface area contributed by atoms with Crippen molar-refractivity contribution in [1.82, 2.24) is 24.3 Å². The van der Waals surface area contributed by atoms with Crippen molar-refractivity contribution in [3.63, 3.8) is 0 Å². The van der Waals surface area contributed by atoms with Gasteiger partial charge < -0.3 is 20.7 Å². The van der Waals surface area contributed by atoms with Crippen molar-refractivity contribution in [2.24, 2.45) is 5.41 Å². The van der Waals surface area contributed by atoms with Crippen molar-refractivity contribution in [2.45, 2.75) is 64.6 Å². The van der Waals surface area contributed by atoms with Gasteiger partial charge in [-0.25, -0.2) is 15.0 Å². The Bertz CT molecular complexity index is 1780. The lowest BCUT2D eigenvalue weighted by Gasteiger charge is -2.34. The Kier molecular flexibility index (Phi) is 7.66. The fraction of sp³-hybridized carbons (Fsp3) is 0.406. The first-order valence-electron chi connectivity index (χ1n) is 14.8. The molecule has 1 aromatic carbocycles. The predicted molar refractivity (Wildman–Crippen MR) is 162 cm³/mol. The number of pyridine rings is 1. The summed E-state index contributed by atoms with van der Waals surface area (Å²) in [5, 5.41) is 2.45. The van der Waals surface area contributed by atoms with E-state index in [2.05, 4.69) is 15.3 Å². The summed E-state index contributed by atoms with van der Waals surface area (Å²) < 4.78 is 47.8. The number of amides is 2. The molecule has 0 spiro atoms.